The van der Waals surface area contributed by atoms with E-state index in [1.165, 1.54) is 0 Å². The summed E-state index contributed by atoms with van der Waals surface area (Å²) in [5.41, 5.74) is 1.97. The highest BCUT2D eigenvalue weighted by molar-refractivity contribution is 5.86. The first kappa shape index (κ1) is 15.0. The first-order chi connectivity index (χ1) is 8.73. The molecule has 102 valence electrons. The van der Waals surface area contributed by atoms with Crippen LogP contribution in [-0.4, -0.2) is 11.7 Å². The van der Waals surface area contributed by atoms with E-state index >= 15 is 0 Å². The van der Waals surface area contributed by atoms with Crippen molar-refractivity contribution in [1.82, 2.24) is 0 Å². The minimum absolute atomic E-state index is 0.222. The topological polar surface area (TPSA) is 42.7 Å². The predicted molar refractivity (Wildman–Crippen MR) is 76.1 cm³/mol. The van der Waals surface area contributed by atoms with E-state index in [0.717, 1.165) is 11.1 Å². The molecule has 0 aliphatic heterocycles. The van der Waals surface area contributed by atoms with Crippen LogP contribution in [-0.2, 0) is 4.74 Å². The lowest BCUT2D eigenvalue weighted by atomic mass is 10.1. The molecule has 0 saturated carbocycles. The summed E-state index contributed by atoms with van der Waals surface area (Å²) >= 11 is 0. The normalized spacial score (nSPS) is 12.4. The number of nitrogens with one attached hydrogen (secondary N) is 1. The van der Waals surface area contributed by atoms with Crippen molar-refractivity contribution in [3.63, 3.8) is 0 Å². The average Bonchev–Trinajstić information content (AvgIpc) is 2.28. The van der Waals surface area contributed by atoms with Crippen molar-refractivity contribution in [2.75, 3.05) is 5.32 Å². The van der Waals surface area contributed by atoms with Crippen LogP contribution in [0.25, 0.3) is 4.85 Å². The van der Waals surface area contributed by atoms with Gasteiger partial charge in [0.15, 0.2) is 0 Å². The molecule has 1 amide bonds. The second-order valence-corrected chi connectivity index (χ2v) is 5.51. The summed E-state index contributed by atoms with van der Waals surface area (Å²) in [7, 11) is 0. The molecular weight excluding hydrogens is 240 g/mol. The molecule has 1 rings (SSSR count). The molecule has 0 bridgehead atoms. The van der Waals surface area contributed by atoms with Crippen LogP contribution in [0.2, 0.25) is 0 Å². The van der Waals surface area contributed by atoms with E-state index in [1.807, 2.05) is 52.8 Å². The second-order valence-electron chi connectivity index (χ2n) is 5.51. The summed E-state index contributed by atoms with van der Waals surface area (Å²) in [4.78, 5) is 15.2. The van der Waals surface area contributed by atoms with Gasteiger partial charge in [0.2, 0.25) is 6.04 Å². The highest BCUT2D eigenvalue weighted by Gasteiger charge is 2.17. The molecule has 0 fully saturated rings. The Morgan fingerprint density at radius 1 is 1.42 bits per heavy atom. The fourth-order valence-electron chi connectivity index (χ4n) is 1.52. The Balaban J connectivity index is 2.89. The maximum absolute atomic E-state index is 11.7. The number of benzene rings is 1. The Labute approximate surface area is 114 Å². The lowest BCUT2D eigenvalue weighted by Crippen LogP contribution is -2.27. The Morgan fingerprint density at radius 3 is 2.58 bits per heavy atom. The van der Waals surface area contributed by atoms with E-state index in [0.29, 0.717) is 5.69 Å². The van der Waals surface area contributed by atoms with Gasteiger partial charge in [-0.1, -0.05) is 12.1 Å². The van der Waals surface area contributed by atoms with Crippen LogP contribution in [0.15, 0.2) is 18.2 Å². The first-order valence-corrected chi connectivity index (χ1v) is 6.20. The lowest BCUT2D eigenvalue weighted by Gasteiger charge is -2.20. The number of rotatable bonds is 2. The van der Waals surface area contributed by atoms with E-state index in [2.05, 4.69) is 10.2 Å². The minimum atomic E-state index is -0.528. The van der Waals surface area contributed by atoms with Crippen LogP contribution in [0, 0.1) is 13.5 Å². The molecule has 4 heteroatoms. The summed E-state index contributed by atoms with van der Waals surface area (Å²) in [6.07, 6.45) is -0.483. The number of ether oxygens (including phenoxy) is 1. The maximum Gasteiger partial charge on any atom is 0.412 e. The third-order valence-corrected chi connectivity index (χ3v) is 2.57. The number of carbonyl (C=O) groups excluding carboxylic acids is 1. The zero-order valence-electron chi connectivity index (χ0n) is 12.1. The summed E-state index contributed by atoms with van der Waals surface area (Å²) in [5, 5.41) is 2.72. The van der Waals surface area contributed by atoms with Crippen LogP contribution >= 0.6 is 0 Å². The van der Waals surface area contributed by atoms with Gasteiger partial charge < -0.3 is 9.58 Å². The highest BCUT2D eigenvalue weighted by Crippen LogP contribution is 2.24. The van der Waals surface area contributed by atoms with Crippen molar-refractivity contribution in [2.45, 2.75) is 46.3 Å². The SMILES string of the molecule is [C-]#[N+]C(C)c1ccc(C)c(NC(=O)OC(C)(C)C)c1. The molecule has 1 unspecified atom stereocenters. The number of anilines is 1. The van der Waals surface area contributed by atoms with E-state index in [-0.39, 0.29) is 6.04 Å². The Bertz CT molecular complexity index is 510. The number of nitrogens with zero attached hydrogens (tertiary/aromatic N) is 1. The molecule has 0 radical (unpaired) electrons. The van der Waals surface area contributed by atoms with Gasteiger partial charge in [-0.3, -0.25) is 5.32 Å². The summed E-state index contributed by atoms with van der Waals surface area (Å²) < 4.78 is 5.21. The molecule has 19 heavy (non-hydrogen) atoms. The van der Waals surface area contributed by atoms with Gasteiger partial charge in [0.25, 0.3) is 0 Å². The van der Waals surface area contributed by atoms with Gasteiger partial charge in [-0.05, 0) is 39.3 Å². The van der Waals surface area contributed by atoms with E-state index < -0.39 is 11.7 Å². The molecule has 1 aromatic rings. The molecule has 0 heterocycles. The Morgan fingerprint density at radius 2 is 2.05 bits per heavy atom. The van der Waals surface area contributed by atoms with Crippen molar-refractivity contribution >= 4 is 11.8 Å². The van der Waals surface area contributed by atoms with E-state index in [1.54, 1.807) is 0 Å². The smallest absolute Gasteiger partial charge is 0.412 e. The van der Waals surface area contributed by atoms with Crippen molar-refractivity contribution in [2.24, 2.45) is 0 Å². The molecule has 0 saturated heterocycles. The average molecular weight is 260 g/mol. The zero-order valence-corrected chi connectivity index (χ0v) is 12.1. The molecule has 1 N–H and O–H groups in total. The molecule has 0 aromatic heterocycles. The maximum atomic E-state index is 11.7. The number of amides is 1. The van der Waals surface area contributed by atoms with Gasteiger partial charge in [0, 0.05) is 18.2 Å². The number of carbonyl (C=O) groups is 1. The molecular formula is C15H20N2O2. The molecule has 4 nitrogen and oxygen atoms in total. The van der Waals surface area contributed by atoms with E-state index in [4.69, 9.17) is 11.3 Å². The number of hydrogen-bond donors (Lipinski definition) is 1. The quantitative estimate of drug-likeness (QED) is 0.804. The zero-order chi connectivity index (χ0) is 14.6. The van der Waals surface area contributed by atoms with Crippen molar-refractivity contribution in [3.05, 3.63) is 40.7 Å². The molecule has 0 aliphatic rings. The number of hydrogen-bond acceptors (Lipinski definition) is 2. The Hall–Kier alpha value is -2.02. The van der Waals surface area contributed by atoms with Gasteiger partial charge in [-0.2, -0.15) is 0 Å². The van der Waals surface area contributed by atoms with Crippen molar-refractivity contribution in [3.8, 4) is 0 Å². The van der Waals surface area contributed by atoms with Crippen molar-refractivity contribution < 1.29 is 9.53 Å². The Kier molecular flexibility index (Phi) is 4.55. The van der Waals surface area contributed by atoms with Gasteiger partial charge >= 0.3 is 6.09 Å². The van der Waals surface area contributed by atoms with Gasteiger partial charge in [-0.15, -0.1) is 0 Å². The van der Waals surface area contributed by atoms with Crippen LogP contribution in [0.3, 0.4) is 0 Å². The largest absolute Gasteiger partial charge is 0.444 e. The summed E-state index contributed by atoms with van der Waals surface area (Å²) in [5.74, 6) is 0. The monoisotopic (exact) mass is 260 g/mol. The second kappa shape index (κ2) is 5.75. The highest BCUT2D eigenvalue weighted by atomic mass is 16.6. The van der Waals surface area contributed by atoms with Crippen LogP contribution in [0.4, 0.5) is 10.5 Å². The van der Waals surface area contributed by atoms with Gasteiger partial charge in [-0.25, -0.2) is 11.4 Å². The van der Waals surface area contributed by atoms with Gasteiger partial charge in [0.05, 0.1) is 0 Å². The van der Waals surface area contributed by atoms with Crippen LogP contribution in [0.5, 0.6) is 0 Å². The van der Waals surface area contributed by atoms with Crippen LogP contribution < -0.4 is 5.32 Å². The standard InChI is InChI=1S/C15H20N2O2/c1-10-7-8-12(11(2)16-6)9-13(10)17-14(18)19-15(3,4)5/h7-9,11H,1-5H3,(H,17,18). The van der Waals surface area contributed by atoms with Crippen molar-refractivity contribution in [1.29, 1.82) is 0 Å². The third-order valence-electron chi connectivity index (χ3n) is 2.57. The number of aryl methyl sites for hydroxylation is 1. The summed E-state index contributed by atoms with van der Waals surface area (Å²) in [6.45, 7) is 16.2. The van der Waals surface area contributed by atoms with Crippen LogP contribution in [0.1, 0.15) is 44.9 Å². The minimum Gasteiger partial charge on any atom is -0.444 e. The molecule has 0 aliphatic carbocycles. The third kappa shape index (κ3) is 4.63. The molecule has 0 spiro atoms. The molecule has 1 atom stereocenters. The fraction of sp³-hybridized carbons (Fsp3) is 0.467. The predicted octanol–water partition coefficient (Wildman–Crippen LogP) is 4.32. The molecule has 1 aromatic carbocycles. The lowest BCUT2D eigenvalue weighted by molar-refractivity contribution is 0.0636. The van der Waals surface area contributed by atoms with Gasteiger partial charge in [0.1, 0.15) is 5.60 Å². The first-order valence-electron chi connectivity index (χ1n) is 6.20. The fourth-order valence-corrected chi connectivity index (χ4v) is 1.52. The van der Waals surface area contributed by atoms with E-state index in [9.17, 15) is 4.79 Å². The summed E-state index contributed by atoms with van der Waals surface area (Å²) in [6, 6.07) is 5.39.